The Morgan fingerprint density at radius 2 is 1.83 bits per heavy atom. The minimum atomic E-state index is -0.119. The molecular weight excluding hydrogens is 296 g/mol. The second-order valence-electron chi connectivity index (χ2n) is 6.97. The normalized spacial score (nSPS) is 17.4. The number of hydrogen-bond donors (Lipinski definition) is 0. The van der Waals surface area contributed by atoms with E-state index < -0.39 is 0 Å². The molecule has 0 aliphatic heterocycles. The van der Waals surface area contributed by atoms with Crippen LogP contribution >= 0.6 is 0 Å². The van der Waals surface area contributed by atoms with Crippen LogP contribution in [0.2, 0.25) is 0 Å². The van der Waals surface area contributed by atoms with Crippen LogP contribution in [0.5, 0.6) is 5.75 Å². The number of benzene rings is 1. The first kappa shape index (κ1) is 18.8. The summed E-state index contributed by atoms with van der Waals surface area (Å²) in [6, 6.07) is 8.04. The van der Waals surface area contributed by atoms with Crippen LogP contribution in [0.3, 0.4) is 0 Å². The fourth-order valence-electron chi connectivity index (χ4n) is 3.34. The molecule has 0 heterocycles. The number of esters is 1. The van der Waals surface area contributed by atoms with Crippen molar-refractivity contribution < 1.29 is 9.53 Å². The topological polar surface area (TPSA) is 26.3 Å². The first-order chi connectivity index (χ1) is 11.7. The highest BCUT2D eigenvalue weighted by molar-refractivity contribution is 5.73. The molecule has 2 nitrogen and oxygen atoms in total. The lowest BCUT2D eigenvalue weighted by Gasteiger charge is -2.22. The second-order valence-corrected chi connectivity index (χ2v) is 6.97. The molecule has 1 aliphatic rings. The number of rotatable bonds is 9. The first-order valence-electron chi connectivity index (χ1n) is 9.73. The van der Waals surface area contributed by atoms with E-state index in [1.54, 1.807) is 0 Å². The van der Waals surface area contributed by atoms with Crippen LogP contribution in [0, 0.1) is 5.92 Å². The van der Waals surface area contributed by atoms with Gasteiger partial charge in [-0.05, 0) is 54.9 Å². The predicted octanol–water partition coefficient (Wildman–Crippen LogP) is 6.55. The number of hydrogen-bond acceptors (Lipinski definition) is 2. The number of unbranched alkanes of at least 4 members (excludes halogenated alkanes) is 3. The van der Waals surface area contributed by atoms with Crippen LogP contribution < -0.4 is 4.74 Å². The van der Waals surface area contributed by atoms with Gasteiger partial charge in [0.1, 0.15) is 5.75 Å². The third-order valence-corrected chi connectivity index (χ3v) is 4.93. The van der Waals surface area contributed by atoms with Crippen molar-refractivity contribution in [2.45, 2.75) is 78.1 Å². The number of ether oxygens (including phenoxy) is 1. The van der Waals surface area contributed by atoms with Gasteiger partial charge < -0.3 is 4.74 Å². The van der Waals surface area contributed by atoms with Gasteiger partial charge in [0, 0.05) is 6.42 Å². The molecule has 1 aromatic carbocycles. The maximum atomic E-state index is 11.8. The van der Waals surface area contributed by atoms with Crippen molar-refractivity contribution in [1.82, 2.24) is 0 Å². The van der Waals surface area contributed by atoms with Crippen LogP contribution in [0.25, 0.3) is 5.57 Å². The van der Waals surface area contributed by atoms with Gasteiger partial charge in [-0.1, -0.05) is 64.2 Å². The summed E-state index contributed by atoms with van der Waals surface area (Å²) in [6.45, 7) is 4.40. The molecule has 1 aliphatic carbocycles. The third-order valence-electron chi connectivity index (χ3n) is 4.93. The van der Waals surface area contributed by atoms with E-state index in [1.165, 1.54) is 49.7 Å². The summed E-state index contributed by atoms with van der Waals surface area (Å²) in [6.07, 6.45) is 13.8. The second kappa shape index (κ2) is 10.3. The summed E-state index contributed by atoms with van der Waals surface area (Å²) in [5, 5.41) is 0. The molecular formula is C22H32O2. The zero-order valence-electron chi connectivity index (χ0n) is 15.4. The smallest absolute Gasteiger partial charge is 0.311 e. The zero-order chi connectivity index (χ0) is 17.2. The van der Waals surface area contributed by atoms with Gasteiger partial charge >= 0.3 is 5.97 Å². The monoisotopic (exact) mass is 328 g/mol. The molecule has 1 aromatic rings. The average Bonchev–Trinajstić information content (AvgIpc) is 2.61. The molecule has 0 aromatic heterocycles. The average molecular weight is 328 g/mol. The molecule has 0 radical (unpaired) electrons. The number of carbonyl (C=O) groups excluding carboxylic acids is 1. The van der Waals surface area contributed by atoms with E-state index in [4.69, 9.17) is 4.74 Å². The highest BCUT2D eigenvalue weighted by atomic mass is 16.5. The van der Waals surface area contributed by atoms with E-state index in [9.17, 15) is 4.79 Å². The highest BCUT2D eigenvalue weighted by Gasteiger charge is 2.15. The van der Waals surface area contributed by atoms with Gasteiger partial charge in [0.25, 0.3) is 0 Å². The summed E-state index contributed by atoms with van der Waals surface area (Å²) < 4.78 is 5.41. The molecule has 1 atom stereocenters. The molecule has 0 amide bonds. The number of carbonyl (C=O) groups is 1. The van der Waals surface area contributed by atoms with Crippen molar-refractivity contribution in [3.63, 3.8) is 0 Å². The number of allylic oxidation sites excluding steroid dienone is 2. The standard InChI is InChI=1S/C22H32O2/c1-3-5-7-9-22(23)24-21-16-14-20(15-17-21)19-12-10-18(11-13-19)8-6-4-2/h12,14-18H,3-11,13H2,1-2H3. The van der Waals surface area contributed by atoms with Crippen molar-refractivity contribution in [2.75, 3.05) is 0 Å². The maximum absolute atomic E-state index is 11.8. The summed E-state index contributed by atoms with van der Waals surface area (Å²) >= 11 is 0. The largest absolute Gasteiger partial charge is 0.427 e. The molecule has 0 saturated carbocycles. The molecule has 2 heteroatoms. The molecule has 0 bridgehead atoms. The van der Waals surface area contributed by atoms with Crippen molar-refractivity contribution in [3.05, 3.63) is 35.9 Å². The highest BCUT2D eigenvalue weighted by Crippen LogP contribution is 2.33. The van der Waals surface area contributed by atoms with E-state index in [2.05, 4.69) is 32.1 Å². The van der Waals surface area contributed by atoms with Crippen LogP contribution in [0.4, 0.5) is 0 Å². The fourth-order valence-corrected chi connectivity index (χ4v) is 3.34. The SMILES string of the molecule is CCCCCC(=O)Oc1ccc(C2=CCC(CCCC)CC2)cc1. The Labute approximate surface area is 147 Å². The van der Waals surface area contributed by atoms with E-state index in [1.807, 2.05) is 12.1 Å². The summed E-state index contributed by atoms with van der Waals surface area (Å²) in [5.41, 5.74) is 2.72. The molecule has 2 rings (SSSR count). The van der Waals surface area contributed by atoms with Crippen LogP contribution in [-0.2, 0) is 4.79 Å². The Bertz CT molecular complexity index is 527. The minimum Gasteiger partial charge on any atom is -0.427 e. The Balaban J connectivity index is 1.84. The molecule has 24 heavy (non-hydrogen) atoms. The van der Waals surface area contributed by atoms with E-state index in [0.29, 0.717) is 12.2 Å². The quantitative estimate of drug-likeness (QED) is 0.292. The molecule has 132 valence electrons. The van der Waals surface area contributed by atoms with Crippen LogP contribution in [-0.4, -0.2) is 5.97 Å². The van der Waals surface area contributed by atoms with Gasteiger partial charge in [0.2, 0.25) is 0 Å². The van der Waals surface area contributed by atoms with E-state index in [-0.39, 0.29) is 5.97 Å². The summed E-state index contributed by atoms with van der Waals surface area (Å²) in [5.74, 6) is 1.42. The van der Waals surface area contributed by atoms with Crippen LogP contribution in [0.1, 0.15) is 83.6 Å². The van der Waals surface area contributed by atoms with Crippen molar-refractivity contribution in [2.24, 2.45) is 5.92 Å². The molecule has 0 spiro atoms. The summed E-state index contributed by atoms with van der Waals surface area (Å²) in [7, 11) is 0. The van der Waals surface area contributed by atoms with E-state index in [0.717, 1.165) is 25.2 Å². The third kappa shape index (κ3) is 6.14. The Kier molecular flexibility index (Phi) is 8.07. The maximum Gasteiger partial charge on any atom is 0.311 e. The Hall–Kier alpha value is -1.57. The van der Waals surface area contributed by atoms with Gasteiger partial charge in [-0.3, -0.25) is 4.79 Å². The molecule has 0 fully saturated rings. The molecule has 0 saturated heterocycles. The fraction of sp³-hybridized carbons (Fsp3) is 0.591. The van der Waals surface area contributed by atoms with Gasteiger partial charge in [-0.25, -0.2) is 0 Å². The van der Waals surface area contributed by atoms with Gasteiger partial charge in [-0.15, -0.1) is 0 Å². The van der Waals surface area contributed by atoms with Crippen molar-refractivity contribution in [3.8, 4) is 5.75 Å². The summed E-state index contributed by atoms with van der Waals surface area (Å²) in [4.78, 5) is 11.8. The Morgan fingerprint density at radius 1 is 1.08 bits per heavy atom. The van der Waals surface area contributed by atoms with Crippen molar-refractivity contribution in [1.29, 1.82) is 0 Å². The van der Waals surface area contributed by atoms with Gasteiger partial charge in [0.15, 0.2) is 0 Å². The lowest BCUT2D eigenvalue weighted by molar-refractivity contribution is -0.134. The van der Waals surface area contributed by atoms with Crippen molar-refractivity contribution >= 4 is 11.5 Å². The Morgan fingerprint density at radius 3 is 2.46 bits per heavy atom. The van der Waals surface area contributed by atoms with Gasteiger partial charge in [-0.2, -0.15) is 0 Å². The predicted molar refractivity (Wildman–Crippen MR) is 101 cm³/mol. The van der Waals surface area contributed by atoms with E-state index >= 15 is 0 Å². The minimum absolute atomic E-state index is 0.119. The lowest BCUT2D eigenvalue weighted by Crippen LogP contribution is -2.07. The zero-order valence-corrected chi connectivity index (χ0v) is 15.4. The van der Waals surface area contributed by atoms with Crippen LogP contribution in [0.15, 0.2) is 30.3 Å². The molecule has 1 unspecified atom stereocenters. The first-order valence-corrected chi connectivity index (χ1v) is 9.73. The lowest BCUT2D eigenvalue weighted by atomic mass is 9.84. The van der Waals surface area contributed by atoms with Gasteiger partial charge in [0.05, 0.1) is 0 Å². The molecule has 0 N–H and O–H groups in total.